The highest BCUT2D eigenvalue weighted by Crippen LogP contribution is 2.13. The van der Waals surface area contributed by atoms with E-state index in [0.29, 0.717) is 0 Å². The summed E-state index contributed by atoms with van der Waals surface area (Å²) in [4.78, 5) is 22.3. The first-order valence-corrected chi connectivity index (χ1v) is 5.93. The molecule has 1 aromatic heterocycles. The molecule has 8 heteroatoms. The maximum atomic E-state index is 11.4. The van der Waals surface area contributed by atoms with Crippen molar-refractivity contribution >= 4 is 27.9 Å². The number of rotatable bonds is 3. The molecule has 0 saturated heterocycles. The molecule has 7 nitrogen and oxygen atoms in total. The van der Waals surface area contributed by atoms with Gasteiger partial charge in [-0.2, -0.15) is 5.10 Å². The second kappa shape index (κ2) is 4.50. The Morgan fingerprint density at radius 3 is 3.00 bits per heavy atom. The van der Waals surface area contributed by atoms with Gasteiger partial charge in [-0.15, -0.1) is 0 Å². The minimum Gasteiger partial charge on any atom is -0.462 e. The third-order valence-corrected chi connectivity index (χ3v) is 3.03. The zero-order chi connectivity index (χ0) is 12.4. The molecule has 90 valence electrons. The van der Waals surface area contributed by atoms with Gasteiger partial charge in [0.2, 0.25) is 0 Å². The van der Waals surface area contributed by atoms with Crippen molar-refractivity contribution in [2.75, 3.05) is 6.61 Å². The standard InChI is InChI=1S/C9H9N3O4S/c1-2-16-9(14)6-4-10-12(5-6)8-3-7(13)11-17(8)15/h3-5H,2H2,1H3,(H,11,13). The fourth-order valence-electron chi connectivity index (χ4n) is 1.25. The van der Waals surface area contributed by atoms with Crippen LogP contribution in [-0.2, 0) is 20.5 Å². The van der Waals surface area contributed by atoms with Crippen LogP contribution >= 0.6 is 0 Å². The van der Waals surface area contributed by atoms with E-state index in [-0.39, 0.29) is 17.2 Å². The summed E-state index contributed by atoms with van der Waals surface area (Å²) >= 11 is 0. The number of ether oxygens (including phenoxy) is 1. The summed E-state index contributed by atoms with van der Waals surface area (Å²) in [5.41, 5.74) is 0.240. The molecule has 1 N–H and O–H groups in total. The fraction of sp³-hybridized carbons (Fsp3) is 0.222. The van der Waals surface area contributed by atoms with Crippen LogP contribution in [0.2, 0.25) is 0 Å². The van der Waals surface area contributed by atoms with Crippen molar-refractivity contribution in [3.8, 4) is 0 Å². The van der Waals surface area contributed by atoms with E-state index in [0.717, 1.165) is 6.08 Å². The maximum absolute atomic E-state index is 11.4. The van der Waals surface area contributed by atoms with Crippen LogP contribution in [-0.4, -0.2) is 32.5 Å². The largest absolute Gasteiger partial charge is 0.462 e. The molecule has 1 aliphatic heterocycles. The third kappa shape index (κ3) is 2.26. The van der Waals surface area contributed by atoms with Crippen LogP contribution in [0.1, 0.15) is 17.3 Å². The zero-order valence-electron chi connectivity index (χ0n) is 8.87. The molecular weight excluding hydrogens is 246 g/mol. The lowest BCUT2D eigenvalue weighted by atomic mass is 10.4. The SMILES string of the molecule is CCOC(=O)c1cnn(C2=CC(=O)NS2=O)c1. The van der Waals surface area contributed by atoms with Gasteiger partial charge in [-0.3, -0.25) is 9.52 Å². The lowest BCUT2D eigenvalue weighted by molar-refractivity contribution is -0.114. The highest BCUT2D eigenvalue weighted by molar-refractivity contribution is 7.93. The lowest BCUT2D eigenvalue weighted by Crippen LogP contribution is -2.17. The van der Waals surface area contributed by atoms with E-state index < -0.39 is 22.9 Å². The number of carbonyl (C=O) groups is 2. The van der Waals surface area contributed by atoms with E-state index in [1.807, 2.05) is 0 Å². The van der Waals surface area contributed by atoms with Gasteiger partial charge in [0.1, 0.15) is 0 Å². The molecule has 1 aliphatic rings. The van der Waals surface area contributed by atoms with Gasteiger partial charge < -0.3 is 4.74 Å². The van der Waals surface area contributed by atoms with Gasteiger partial charge in [-0.25, -0.2) is 13.7 Å². The minimum absolute atomic E-state index is 0.186. The van der Waals surface area contributed by atoms with Crippen LogP contribution in [0.25, 0.3) is 5.03 Å². The predicted octanol–water partition coefficient (Wildman–Crippen LogP) is -0.348. The number of carbonyl (C=O) groups excluding carboxylic acids is 2. The molecule has 0 radical (unpaired) electrons. The number of hydrogen-bond acceptors (Lipinski definition) is 5. The number of hydrogen-bond donors (Lipinski definition) is 1. The lowest BCUT2D eigenvalue weighted by Gasteiger charge is -1.99. The van der Waals surface area contributed by atoms with Gasteiger partial charge in [0.05, 0.1) is 18.4 Å². The van der Waals surface area contributed by atoms with E-state index in [1.165, 1.54) is 17.1 Å². The Kier molecular flexibility index (Phi) is 3.05. The topological polar surface area (TPSA) is 90.3 Å². The average molecular weight is 255 g/mol. The zero-order valence-corrected chi connectivity index (χ0v) is 9.69. The number of esters is 1. The predicted molar refractivity (Wildman–Crippen MR) is 58.7 cm³/mol. The average Bonchev–Trinajstić information content (AvgIpc) is 2.85. The summed E-state index contributed by atoms with van der Waals surface area (Å²) in [5.74, 6) is -0.964. The second-order valence-corrected chi connectivity index (χ2v) is 4.27. The van der Waals surface area contributed by atoms with E-state index in [2.05, 4.69) is 9.82 Å². The highest BCUT2D eigenvalue weighted by Gasteiger charge is 2.22. The number of amides is 1. The first-order chi connectivity index (χ1) is 8.11. The fourth-order valence-corrected chi connectivity index (χ4v) is 2.08. The summed E-state index contributed by atoms with van der Waals surface area (Å²) in [7, 11) is -1.64. The molecule has 0 spiro atoms. The van der Waals surface area contributed by atoms with Gasteiger partial charge in [0.25, 0.3) is 5.91 Å². The third-order valence-electron chi connectivity index (χ3n) is 1.96. The summed E-state index contributed by atoms with van der Waals surface area (Å²) in [6, 6.07) is 0. The van der Waals surface area contributed by atoms with Crippen LogP contribution in [0.5, 0.6) is 0 Å². The molecule has 0 fully saturated rings. The molecule has 1 atom stereocenters. The smallest absolute Gasteiger partial charge is 0.341 e. The first kappa shape index (κ1) is 11.5. The Morgan fingerprint density at radius 2 is 2.41 bits per heavy atom. The van der Waals surface area contributed by atoms with E-state index in [4.69, 9.17) is 4.74 Å². The molecule has 2 rings (SSSR count). The molecule has 2 heterocycles. The molecule has 0 bridgehead atoms. The van der Waals surface area contributed by atoms with Crippen LogP contribution in [0, 0.1) is 0 Å². The molecule has 1 amide bonds. The van der Waals surface area contributed by atoms with Crippen LogP contribution < -0.4 is 4.72 Å². The van der Waals surface area contributed by atoms with Gasteiger partial charge in [0, 0.05) is 12.3 Å². The molecular formula is C9H9N3O4S. The van der Waals surface area contributed by atoms with Gasteiger partial charge >= 0.3 is 5.97 Å². The molecule has 0 aliphatic carbocycles. The molecule has 0 aromatic carbocycles. The summed E-state index contributed by atoms with van der Waals surface area (Å²) in [5, 5.41) is 4.03. The monoisotopic (exact) mass is 255 g/mol. The maximum Gasteiger partial charge on any atom is 0.341 e. The number of nitrogens with zero attached hydrogens (tertiary/aromatic N) is 2. The molecule has 1 unspecified atom stereocenters. The van der Waals surface area contributed by atoms with Crippen LogP contribution in [0.3, 0.4) is 0 Å². The van der Waals surface area contributed by atoms with Crippen LogP contribution in [0.15, 0.2) is 18.5 Å². The van der Waals surface area contributed by atoms with Crippen molar-refractivity contribution in [1.82, 2.24) is 14.5 Å². The van der Waals surface area contributed by atoms with Crippen molar-refractivity contribution < 1.29 is 18.5 Å². The number of aromatic nitrogens is 2. The molecule has 17 heavy (non-hydrogen) atoms. The summed E-state index contributed by atoms with van der Waals surface area (Å²) in [6.07, 6.45) is 3.82. The van der Waals surface area contributed by atoms with E-state index >= 15 is 0 Å². The van der Waals surface area contributed by atoms with Crippen molar-refractivity contribution in [2.24, 2.45) is 0 Å². The van der Waals surface area contributed by atoms with Gasteiger partial charge in [0.15, 0.2) is 16.0 Å². The summed E-state index contributed by atoms with van der Waals surface area (Å²) in [6.45, 7) is 1.96. The quantitative estimate of drug-likeness (QED) is 0.746. The van der Waals surface area contributed by atoms with Crippen LogP contribution in [0.4, 0.5) is 0 Å². The Hall–Kier alpha value is -1.96. The highest BCUT2D eigenvalue weighted by atomic mass is 32.2. The Bertz CT molecular complexity index is 534. The van der Waals surface area contributed by atoms with Crippen molar-refractivity contribution in [2.45, 2.75) is 6.92 Å². The van der Waals surface area contributed by atoms with Gasteiger partial charge in [-0.1, -0.05) is 0 Å². The molecule has 0 saturated carbocycles. The normalized spacial score (nSPS) is 18.8. The van der Waals surface area contributed by atoms with Gasteiger partial charge in [-0.05, 0) is 6.92 Å². The van der Waals surface area contributed by atoms with Crippen molar-refractivity contribution in [3.05, 3.63) is 24.0 Å². The van der Waals surface area contributed by atoms with E-state index in [9.17, 15) is 13.8 Å². The Labute approximate surface area is 99.0 Å². The van der Waals surface area contributed by atoms with E-state index in [1.54, 1.807) is 6.92 Å². The number of nitrogens with one attached hydrogen (secondary N) is 1. The van der Waals surface area contributed by atoms with Crippen molar-refractivity contribution in [1.29, 1.82) is 0 Å². The van der Waals surface area contributed by atoms with Crippen molar-refractivity contribution in [3.63, 3.8) is 0 Å². The molecule has 1 aromatic rings. The summed E-state index contributed by atoms with van der Waals surface area (Å²) < 4.78 is 19.6. The second-order valence-electron chi connectivity index (χ2n) is 3.11. The Morgan fingerprint density at radius 1 is 1.65 bits per heavy atom. The Balaban J connectivity index is 2.25. The minimum atomic E-state index is -1.64. The first-order valence-electron chi connectivity index (χ1n) is 4.78.